The third kappa shape index (κ3) is 5.79. The van der Waals surface area contributed by atoms with Gasteiger partial charge >= 0.3 is 12.2 Å². The summed E-state index contributed by atoms with van der Waals surface area (Å²) in [6.07, 6.45) is -3.67. The Morgan fingerprint density at radius 1 is 0.900 bits per heavy atom. The normalized spacial score (nSPS) is 18.3. The molecular weight excluding hydrogens is 519 g/mol. The van der Waals surface area contributed by atoms with Gasteiger partial charge in [-0.1, -0.05) is 30.3 Å². The third-order valence-electron chi connectivity index (χ3n) is 7.45. The predicted octanol–water partition coefficient (Wildman–Crippen LogP) is 5.77. The lowest BCUT2D eigenvalue weighted by Gasteiger charge is -2.35. The summed E-state index contributed by atoms with van der Waals surface area (Å²) in [6, 6.07) is 18.6. The molecule has 212 valence electrons. The van der Waals surface area contributed by atoms with Gasteiger partial charge in [-0.25, -0.2) is 9.69 Å². The van der Waals surface area contributed by atoms with Gasteiger partial charge in [0.2, 0.25) is 6.35 Å². The van der Waals surface area contributed by atoms with Gasteiger partial charge in [0.25, 0.3) is 0 Å². The Labute approximate surface area is 232 Å². The molecule has 0 radical (unpaired) electrons. The van der Waals surface area contributed by atoms with Crippen LogP contribution in [-0.4, -0.2) is 55.1 Å². The number of urea groups is 1. The number of anilines is 4. The van der Waals surface area contributed by atoms with E-state index in [-0.39, 0.29) is 17.9 Å². The van der Waals surface area contributed by atoms with Gasteiger partial charge < -0.3 is 15.3 Å². The zero-order chi connectivity index (χ0) is 28.3. The molecule has 0 aliphatic carbocycles. The van der Waals surface area contributed by atoms with E-state index in [2.05, 4.69) is 10.2 Å². The van der Waals surface area contributed by atoms with Gasteiger partial charge in [-0.15, -0.1) is 0 Å². The number of aliphatic hydroxyl groups excluding tert-OH is 1. The highest BCUT2D eigenvalue weighted by Gasteiger charge is 2.40. The Bertz CT molecular complexity index is 1300. The van der Waals surface area contributed by atoms with Gasteiger partial charge in [0.1, 0.15) is 0 Å². The van der Waals surface area contributed by atoms with Crippen LogP contribution in [0.4, 0.5) is 40.7 Å². The van der Waals surface area contributed by atoms with Gasteiger partial charge in [0.15, 0.2) is 0 Å². The van der Waals surface area contributed by atoms with E-state index in [1.54, 1.807) is 49.4 Å². The Balaban J connectivity index is 1.46. The van der Waals surface area contributed by atoms with Crippen LogP contribution in [-0.2, 0) is 12.7 Å². The number of nitrogens with one attached hydrogen (secondary N) is 1. The Morgan fingerprint density at radius 2 is 1.57 bits per heavy atom. The summed E-state index contributed by atoms with van der Waals surface area (Å²) in [7, 11) is 0. The van der Waals surface area contributed by atoms with Gasteiger partial charge in [-0.2, -0.15) is 13.2 Å². The van der Waals surface area contributed by atoms with Crippen molar-refractivity contribution in [3.63, 3.8) is 0 Å². The molecule has 1 saturated heterocycles. The molecule has 40 heavy (non-hydrogen) atoms. The molecule has 0 saturated carbocycles. The standard InChI is InChI=1S/C30H34F3N5O2/c1-2-36-26-15-12-23(30(31,32)33)20-27(26)37(24-8-4-3-5-9-24)29(40)38(28(36)39)25-13-10-22(11-14-25)21-34-16-19-35-17-6-7-18-35/h3-5,8-15,20,29,34,40H,2,6-7,16-19,21H2,1H3. The van der Waals surface area contributed by atoms with Crippen LogP contribution in [0.5, 0.6) is 0 Å². The number of amides is 2. The number of benzene rings is 3. The second kappa shape index (κ2) is 11.9. The minimum atomic E-state index is -4.59. The fraction of sp³-hybridized carbons (Fsp3) is 0.367. The van der Waals surface area contributed by atoms with Gasteiger partial charge in [0, 0.05) is 37.6 Å². The van der Waals surface area contributed by atoms with E-state index in [1.165, 1.54) is 33.6 Å². The van der Waals surface area contributed by atoms with Gasteiger partial charge in [-0.3, -0.25) is 9.80 Å². The van der Waals surface area contributed by atoms with Crippen molar-refractivity contribution in [3.8, 4) is 0 Å². The van der Waals surface area contributed by atoms with Crippen LogP contribution < -0.4 is 20.0 Å². The maximum Gasteiger partial charge on any atom is 0.416 e. The minimum Gasteiger partial charge on any atom is -0.356 e. The number of alkyl halides is 3. The molecule has 3 aromatic carbocycles. The molecule has 1 atom stereocenters. The summed E-state index contributed by atoms with van der Waals surface area (Å²) >= 11 is 0. The molecule has 1 unspecified atom stereocenters. The predicted molar refractivity (Wildman–Crippen MR) is 151 cm³/mol. The van der Waals surface area contributed by atoms with Crippen molar-refractivity contribution in [1.29, 1.82) is 0 Å². The molecule has 7 nitrogen and oxygen atoms in total. The molecule has 2 N–H and O–H groups in total. The number of carbonyl (C=O) groups excluding carboxylic acids is 1. The number of nitrogens with zero attached hydrogens (tertiary/aromatic N) is 4. The number of halogens is 3. The van der Waals surface area contributed by atoms with Gasteiger partial charge in [-0.05, 0) is 80.9 Å². The van der Waals surface area contributed by atoms with Crippen molar-refractivity contribution in [3.05, 3.63) is 83.9 Å². The monoisotopic (exact) mass is 553 g/mol. The first-order chi connectivity index (χ1) is 19.3. The first-order valence-electron chi connectivity index (χ1n) is 13.6. The van der Waals surface area contributed by atoms with E-state index in [1.807, 2.05) is 12.1 Å². The zero-order valence-corrected chi connectivity index (χ0v) is 22.4. The third-order valence-corrected chi connectivity index (χ3v) is 7.45. The molecule has 2 heterocycles. The number of hydrogen-bond acceptors (Lipinski definition) is 5. The fourth-order valence-electron chi connectivity index (χ4n) is 5.35. The first kappa shape index (κ1) is 27.9. The number of carbonyl (C=O) groups is 1. The van der Waals surface area contributed by atoms with E-state index >= 15 is 0 Å². The van der Waals surface area contributed by atoms with E-state index in [9.17, 15) is 23.1 Å². The molecule has 5 rings (SSSR count). The zero-order valence-electron chi connectivity index (χ0n) is 22.4. The van der Waals surface area contributed by atoms with Crippen molar-refractivity contribution >= 4 is 28.8 Å². The molecule has 0 bridgehead atoms. The maximum atomic E-state index is 13.9. The maximum absolute atomic E-state index is 13.9. The summed E-state index contributed by atoms with van der Waals surface area (Å²) in [5.74, 6) is 0. The van der Waals surface area contributed by atoms with Crippen molar-refractivity contribution in [1.82, 2.24) is 10.2 Å². The molecule has 2 amide bonds. The number of aliphatic hydroxyl groups is 1. The number of rotatable bonds is 8. The lowest BCUT2D eigenvalue weighted by molar-refractivity contribution is -0.137. The topological polar surface area (TPSA) is 62.3 Å². The van der Waals surface area contributed by atoms with Crippen LogP contribution in [0.2, 0.25) is 0 Å². The fourth-order valence-corrected chi connectivity index (χ4v) is 5.35. The SMILES string of the molecule is CCN1C(=O)N(c2ccc(CNCCN3CCCC3)cc2)C(O)N(c2ccccc2)c2cc(C(F)(F)F)ccc21. The Morgan fingerprint density at radius 3 is 2.23 bits per heavy atom. The molecule has 2 aliphatic heterocycles. The molecule has 2 aliphatic rings. The molecule has 1 fully saturated rings. The van der Waals surface area contributed by atoms with E-state index < -0.39 is 24.1 Å². The molecule has 0 aromatic heterocycles. The Hall–Kier alpha value is -3.60. The summed E-state index contributed by atoms with van der Waals surface area (Å²) in [4.78, 5) is 20.3. The van der Waals surface area contributed by atoms with E-state index in [0.717, 1.165) is 43.9 Å². The van der Waals surface area contributed by atoms with Crippen LogP contribution >= 0.6 is 0 Å². The molecule has 0 spiro atoms. The van der Waals surface area contributed by atoms with Crippen LogP contribution in [0.15, 0.2) is 72.8 Å². The highest BCUT2D eigenvalue weighted by molar-refractivity contribution is 6.08. The first-order valence-corrected chi connectivity index (χ1v) is 13.6. The lowest BCUT2D eigenvalue weighted by Crippen LogP contribution is -2.52. The molecule has 10 heteroatoms. The largest absolute Gasteiger partial charge is 0.416 e. The summed E-state index contributed by atoms with van der Waals surface area (Å²) < 4.78 is 41.2. The number of fused-ring (bicyclic) bond motifs is 1. The lowest BCUT2D eigenvalue weighted by atomic mass is 10.1. The van der Waals surface area contributed by atoms with Crippen LogP contribution in [0, 0.1) is 0 Å². The number of likely N-dealkylation sites (tertiary alicyclic amines) is 1. The average molecular weight is 554 g/mol. The van der Waals surface area contributed by atoms with Crippen molar-refractivity contribution < 1.29 is 23.1 Å². The second-order valence-electron chi connectivity index (χ2n) is 10.0. The smallest absolute Gasteiger partial charge is 0.356 e. The van der Waals surface area contributed by atoms with Crippen LogP contribution in [0.25, 0.3) is 0 Å². The second-order valence-corrected chi connectivity index (χ2v) is 10.0. The molecule has 3 aromatic rings. The Kier molecular flexibility index (Phi) is 8.30. The van der Waals surface area contributed by atoms with E-state index in [4.69, 9.17) is 0 Å². The van der Waals surface area contributed by atoms with Crippen molar-refractivity contribution in [2.45, 2.75) is 38.8 Å². The summed E-state index contributed by atoms with van der Waals surface area (Å²) in [5.41, 5.74) is 1.41. The highest BCUT2D eigenvalue weighted by Crippen LogP contribution is 2.44. The number of para-hydroxylation sites is 1. The van der Waals surface area contributed by atoms with Crippen molar-refractivity contribution in [2.75, 3.05) is 47.4 Å². The van der Waals surface area contributed by atoms with Gasteiger partial charge in [0.05, 0.1) is 16.9 Å². The highest BCUT2D eigenvalue weighted by atomic mass is 19.4. The van der Waals surface area contributed by atoms with Crippen LogP contribution in [0.1, 0.15) is 30.9 Å². The molecular formula is C30H34F3N5O2. The van der Waals surface area contributed by atoms with Crippen LogP contribution in [0.3, 0.4) is 0 Å². The van der Waals surface area contributed by atoms with E-state index in [0.29, 0.717) is 17.9 Å². The average Bonchev–Trinajstić information content (AvgIpc) is 3.44. The summed E-state index contributed by atoms with van der Waals surface area (Å²) in [5, 5.41) is 15.1. The van der Waals surface area contributed by atoms with Crippen molar-refractivity contribution in [2.24, 2.45) is 0 Å². The quantitative estimate of drug-likeness (QED) is 0.347. The number of hydrogen-bond donors (Lipinski definition) is 2. The minimum absolute atomic E-state index is 0.0880. The summed E-state index contributed by atoms with van der Waals surface area (Å²) in [6.45, 7) is 6.79.